The fourth-order valence-corrected chi connectivity index (χ4v) is 4.42. The van der Waals surface area contributed by atoms with Crippen molar-refractivity contribution in [1.29, 1.82) is 0 Å². The third kappa shape index (κ3) is 1.96. The summed E-state index contributed by atoms with van der Waals surface area (Å²) in [5.41, 5.74) is 0. The molecule has 14 heavy (non-hydrogen) atoms. The monoisotopic (exact) mass is 217 g/mol. The Bertz CT molecular complexity index is 287. The maximum atomic E-state index is 11.8. The molecule has 0 aromatic heterocycles. The second kappa shape index (κ2) is 3.81. The molecule has 2 fully saturated rings. The van der Waals surface area contributed by atoms with Crippen LogP contribution in [0.25, 0.3) is 0 Å². The number of fused-ring (bicyclic) bond motifs is 2. The van der Waals surface area contributed by atoms with E-state index in [1.54, 1.807) is 4.31 Å². The van der Waals surface area contributed by atoms with Gasteiger partial charge < -0.3 is 0 Å². The molecule has 1 heterocycles. The SMILES string of the molecule is CCCS(=O)(=O)N1C[C@@H]2CC[C@@H](C2)C1. The average Bonchev–Trinajstić information content (AvgIpc) is 2.45. The van der Waals surface area contributed by atoms with E-state index in [0.717, 1.165) is 19.5 Å². The maximum Gasteiger partial charge on any atom is 0.214 e. The summed E-state index contributed by atoms with van der Waals surface area (Å²) in [6.45, 7) is 3.51. The van der Waals surface area contributed by atoms with Gasteiger partial charge in [-0.2, -0.15) is 0 Å². The Morgan fingerprint density at radius 1 is 1.21 bits per heavy atom. The van der Waals surface area contributed by atoms with Crippen molar-refractivity contribution in [3.8, 4) is 0 Å². The van der Waals surface area contributed by atoms with Crippen LogP contribution in [0.1, 0.15) is 32.6 Å². The van der Waals surface area contributed by atoms with Gasteiger partial charge in [-0.15, -0.1) is 0 Å². The molecule has 2 rings (SSSR count). The Morgan fingerprint density at radius 2 is 1.79 bits per heavy atom. The number of hydrogen-bond donors (Lipinski definition) is 0. The van der Waals surface area contributed by atoms with Crippen LogP contribution < -0.4 is 0 Å². The summed E-state index contributed by atoms with van der Waals surface area (Å²) >= 11 is 0. The highest BCUT2D eigenvalue weighted by molar-refractivity contribution is 7.89. The Labute approximate surface area is 86.5 Å². The van der Waals surface area contributed by atoms with E-state index < -0.39 is 10.0 Å². The lowest BCUT2D eigenvalue weighted by Crippen LogP contribution is -2.41. The Hall–Kier alpha value is -0.0900. The molecule has 82 valence electrons. The van der Waals surface area contributed by atoms with Crippen molar-refractivity contribution >= 4 is 10.0 Å². The quantitative estimate of drug-likeness (QED) is 0.717. The van der Waals surface area contributed by atoms with Gasteiger partial charge >= 0.3 is 0 Å². The number of piperidine rings is 1. The molecular formula is C10H19NO2S. The molecule has 2 bridgehead atoms. The lowest BCUT2D eigenvalue weighted by Gasteiger charge is -2.30. The van der Waals surface area contributed by atoms with Crippen molar-refractivity contribution in [2.45, 2.75) is 32.6 Å². The molecule has 0 aromatic carbocycles. The van der Waals surface area contributed by atoms with Crippen molar-refractivity contribution in [3.63, 3.8) is 0 Å². The van der Waals surface area contributed by atoms with Crippen LogP contribution in [0.2, 0.25) is 0 Å². The predicted molar refractivity (Wildman–Crippen MR) is 56.5 cm³/mol. The van der Waals surface area contributed by atoms with Crippen LogP contribution >= 0.6 is 0 Å². The van der Waals surface area contributed by atoms with E-state index in [-0.39, 0.29) is 0 Å². The highest BCUT2D eigenvalue weighted by atomic mass is 32.2. The lowest BCUT2D eigenvalue weighted by atomic mass is 10.0. The first-order valence-electron chi connectivity index (χ1n) is 5.59. The summed E-state index contributed by atoms with van der Waals surface area (Å²) < 4.78 is 25.4. The molecule has 0 aromatic rings. The largest absolute Gasteiger partial charge is 0.214 e. The average molecular weight is 217 g/mol. The highest BCUT2D eigenvalue weighted by Crippen LogP contribution is 2.37. The predicted octanol–water partition coefficient (Wildman–Crippen LogP) is 1.46. The number of rotatable bonds is 3. The molecule has 2 aliphatic rings. The van der Waals surface area contributed by atoms with Gasteiger partial charge in [0.2, 0.25) is 10.0 Å². The topological polar surface area (TPSA) is 37.4 Å². The molecule has 0 N–H and O–H groups in total. The standard InChI is InChI=1S/C10H19NO2S/c1-2-5-14(12,13)11-7-9-3-4-10(6-9)8-11/h9-10H,2-8H2,1H3/t9-,10+. The molecular weight excluding hydrogens is 198 g/mol. The van der Waals surface area contributed by atoms with Crippen molar-refractivity contribution < 1.29 is 8.42 Å². The van der Waals surface area contributed by atoms with E-state index in [2.05, 4.69) is 0 Å². The fourth-order valence-electron chi connectivity index (χ4n) is 2.77. The minimum Gasteiger partial charge on any atom is -0.212 e. The second-order valence-corrected chi connectivity index (χ2v) is 6.77. The van der Waals surface area contributed by atoms with Gasteiger partial charge in [0.15, 0.2) is 0 Å². The molecule has 0 radical (unpaired) electrons. The molecule has 0 amide bonds. The number of nitrogens with zero attached hydrogens (tertiary/aromatic N) is 1. The lowest BCUT2D eigenvalue weighted by molar-refractivity contribution is 0.261. The van der Waals surface area contributed by atoms with Crippen LogP contribution in [0.4, 0.5) is 0 Å². The van der Waals surface area contributed by atoms with Crippen LogP contribution in [-0.4, -0.2) is 31.6 Å². The van der Waals surface area contributed by atoms with Crippen LogP contribution in [0.5, 0.6) is 0 Å². The molecule has 4 heteroatoms. The zero-order valence-electron chi connectivity index (χ0n) is 8.78. The number of hydrogen-bond acceptors (Lipinski definition) is 2. The minimum absolute atomic E-state index is 0.326. The molecule has 3 nitrogen and oxygen atoms in total. The van der Waals surface area contributed by atoms with Gasteiger partial charge in [-0.05, 0) is 37.5 Å². The van der Waals surface area contributed by atoms with Gasteiger partial charge in [0.1, 0.15) is 0 Å². The second-order valence-electron chi connectivity index (χ2n) is 4.68. The first-order valence-corrected chi connectivity index (χ1v) is 7.20. The summed E-state index contributed by atoms with van der Waals surface area (Å²) in [5, 5.41) is 0. The maximum absolute atomic E-state index is 11.8. The van der Waals surface area contributed by atoms with E-state index >= 15 is 0 Å². The molecule has 0 unspecified atom stereocenters. The first-order chi connectivity index (χ1) is 6.62. The van der Waals surface area contributed by atoms with Crippen LogP contribution in [0.15, 0.2) is 0 Å². The van der Waals surface area contributed by atoms with Gasteiger partial charge in [-0.3, -0.25) is 0 Å². The van der Waals surface area contributed by atoms with Crippen molar-refractivity contribution in [2.75, 3.05) is 18.8 Å². The first kappa shape index (κ1) is 10.4. The normalized spacial score (nSPS) is 33.5. The van der Waals surface area contributed by atoms with Crippen LogP contribution in [0.3, 0.4) is 0 Å². The van der Waals surface area contributed by atoms with Gasteiger partial charge in [-0.1, -0.05) is 6.92 Å². The summed E-state index contributed by atoms with van der Waals surface area (Å²) in [7, 11) is -2.93. The molecule has 1 saturated carbocycles. The van der Waals surface area contributed by atoms with E-state index in [4.69, 9.17) is 0 Å². The van der Waals surface area contributed by atoms with Crippen molar-refractivity contribution in [2.24, 2.45) is 11.8 Å². The van der Waals surface area contributed by atoms with Crippen molar-refractivity contribution in [1.82, 2.24) is 4.31 Å². The van der Waals surface area contributed by atoms with Gasteiger partial charge in [0.05, 0.1) is 5.75 Å². The Morgan fingerprint density at radius 3 is 2.29 bits per heavy atom. The minimum atomic E-state index is -2.93. The van der Waals surface area contributed by atoms with E-state index in [1.807, 2.05) is 6.92 Å². The summed E-state index contributed by atoms with van der Waals surface area (Å²) in [4.78, 5) is 0. The Balaban J connectivity index is 2.05. The summed E-state index contributed by atoms with van der Waals surface area (Å²) in [6, 6.07) is 0. The molecule has 0 spiro atoms. The zero-order valence-corrected chi connectivity index (χ0v) is 9.59. The summed E-state index contributed by atoms with van der Waals surface area (Å²) in [6.07, 6.45) is 4.47. The molecule has 1 saturated heterocycles. The smallest absolute Gasteiger partial charge is 0.212 e. The van der Waals surface area contributed by atoms with Crippen molar-refractivity contribution in [3.05, 3.63) is 0 Å². The molecule has 1 aliphatic carbocycles. The van der Waals surface area contributed by atoms with E-state index in [1.165, 1.54) is 19.3 Å². The third-order valence-corrected chi connectivity index (χ3v) is 5.44. The highest BCUT2D eigenvalue weighted by Gasteiger charge is 2.37. The van der Waals surface area contributed by atoms with Gasteiger partial charge in [0.25, 0.3) is 0 Å². The molecule has 1 aliphatic heterocycles. The van der Waals surface area contributed by atoms with Gasteiger partial charge in [0, 0.05) is 13.1 Å². The molecule has 2 atom stereocenters. The third-order valence-electron chi connectivity index (χ3n) is 3.43. The summed E-state index contributed by atoms with van der Waals surface area (Å²) in [5.74, 6) is 1.63. The van der Waals surface area contributed by atoms with Crippen LogP contribution in [0, 0.1) is 11.8 Å². The van der Waals surface area contributed by atoms with E-state index in [9.17, 15) is 8.42 Å². The Kier molecular flexibility index (Phi) is 2.84. The number of sulfonamides is 1. The van der Waals surface area contributed by atoms with E-state index in [0.29, 0.717) is 17.6 Å². The van der Waals surface area contributed by atoms with Crippen LogP contribution in [-0.2, 0) is 10.0 Å². The van der Waals surface area contributed by atoms with Gasteiger partial charge in [-0.25, -0.2) is 12.7 Å². The fraction of sp³-hybridized carbons (Fsp3) is 1.00. The zero-order chi connectivity index (χ0) is 10.2.